The topological polar surface area (TPSA) is 46.6 Å². The predicted octanol–water partition coefficient (Wildman–Crippen LogP) is 0.946. The second-order valence-corrected chi connectivity index (χ2v) is 5.06. The molecule has 78 valence electrons. The minimum atomic E-state index is -3.41. The summed E-state index contributed by atoms with van der Waals surface area (Å²) < 4.78 is 29.6. The van der Waals surface area contributed by atoms with Crippen molar-refractivity contribution in [2.24, 2.45) is 0 Å². The molecule has 4 nitrogen and oxygen atoms in total. The van der Waals surface area contributed by atoms with E-state index in [9.17, 15) is 8.42 Å². The summed E-state index contributed by atoms with van der Waals surface area (Å²) in [5, 5.41) is 0. The van der Waals surface area contributed by atoms with E-state index in [0.29, 0.717) is 5.75 Å². The molecule has 0 aliphatic rings. The summed E-state index contributed by atoms with van der Waals surface area (Å²) in [5.74, 6) is 0.362. The van der Waals surface area contributed by atoms with Gasteiger partial charge in [0.15, 0.2) is 0 Å². The van der Waals surface area contributed by atoms with E-state index in [1.54, 1.807) is 18.2 Å². The Hall–Kier alpha value is -1.07. The van der Waals surface area contributed by atoms with Crippen molar-refractivity contribution in [3.8, 4) is 5.75 Å². The van der Waals surface area contributed by atoms with Crippen LogP contribution in [0.5, 0.6) is 5.75 Å². The molecule has 0 bridgehead atoms. The third-order valence-corrected chi connectivity index (χ3v) is 3.68. The lowest BCUT2D eigenvalue weighted by Gasteiger charge is -2.13. The summed E-state index contributed by atoms with van der Waals surface area (Å²) in [5.41, 5.74) is 0. The standard InChI is InChI=1S/C9H13NO3S/c1-10(2)14(11,12)9-7-5-4-6-8(9)13-3/h4-7H,1-3H3. The maximum absolute atomic E-state index is 11.8. The molecule has 0 unspecified atom stereocenters. The van der Waals surface area contributed by atoms with Gasteiger partial charge in [0.25, 0.3) is 0 Å². The summed E-state index contributed by atoms with van der Waals surface area (Å²) in [6, 6.07) is 6.54. The van der Waals surface area contributed by atoms with Gasteiger partial charge < -0.3 is 4.74 Å². The van der Waals surface area contributed by atoms with Crippen LogP contribution >= 0.6 is 0 Å². The van der Waals surface area contributed by atoms with Crippen LogP contribution in [0, 0.1) is 0 Å². The third kappa shape index (κ3) is 1.88. The normalized spacial score (nSPS) is 11.7. The monoisotopic (exact) mass is 215 g/mol. The van der Waals surface area contributed by atoms with Crippen molar-refractivity contribution in [1.82, 2.24) is 4.31 Å². The summed E-state index contributed by atoms with van der Waals surface area (Å²) in [7, 11) is 1.01. The third-order valence-electron chi connectivity index (χ3n) is 1.83. The van der Waals surface area contributed by atoms with Gasteiger partial charge in [-0.05, 0) is 12.1 Å². The first-order valence-corrected chi connectivity index (χ1v) is 5.49. The first kappa shape index (κ1) is 11.0. The molecule has 0 atom stereocenters. The van der Waals surface area contributed by atoms with Crippen molar-refractivity contribution in [3.63, 3.8) is 0 Å². The van der Waals surface area contributed by atoms with Crippen LogP contribution in [-0.4, -0.2) is 33.9 Å². The summed E-state index contributed by atoms with van der Waals surface area (Å²) in [6.45, 7) is 0. The Morgan fingerprint density at radius 2 is 1.79 bits per heavy atom. The van der Waals surface area contributed by atoms with Gasteiger partial charge in [-0.15, -0.1) is 0 Å². The largest absolute Gasteiger partial charge is 0.495 e. The highest BCUT2D eigenvalue weighted by molar-refractivity contribution is 7.89. The highest BCUT2D eigenvalue weighted by atomic mass is 32.2. The zero-order chi connectivity index (χ0) is 10.8. The van der Waals surface area contributed by atoms with Crippen LogP contribution in [0.2, 0.25) is 0 Å². The molecule has 0 fully saturated rings. The van der Waals surface area contributed by atoms with Crippen LogP contribution < -0.4 is 4.74 Å². The van der Waals surface area contributed by atoms with Gasteiger partial charge in [-0.25, -0.2) is 12.7 Å². The Morgan fingerprint density at radius 1 is 1.21 bits per heavy atom. The molecule has 14 heavy (non-hydrogen) atoms. The molecule has 0 aliphatic carbocycles. The minimum absolute atomic E-state index is 0.188. The first-order chi connectivity index (χ1) is 6.50. The van der Waals surface area contributed by atoms with E-state index in [1.165, 1.54) is 27.3 Å². The van der Waals surface area contributed by atoms with E-state index in [1.807, 2.05) is 0 Å². The van der Waals surface area contributed by atoms with Crippen molar-refractivity contribution < 1.29 is 13.2 Å². The van der Waals surface area contributed by atoms with Gasteiger partial charge in [-0.1, -0.05) is 12.1 Å². The molecule has 0 aliphatic heterocycles. The van der Waals surface area contributed by atoms with Crippen LogP contribution in [-0.2, 0) is 10.0 Å². The summed E-state index contributed by atoms with van der Waals surface area (Å²) in [4.78, 5) is 0.188. The molecule has 1 aromatic carbocycles. The summed E-state index contributed by atoms with van der Waals surface area (Å²) >= 11 is 0. The summed E-state index contributed by atoms with van der Waals surface area (Å²) in [6.07, 6.45) is 0. The van der Waals surface area contributed by atoms with Gasteiger partial charge in [-0.3, -0.25) is 0 Å². The fourth-order valence-electron chi connectivity index (χ4n) is 1.03. The molecule has 0 N–H and O–H groups in total. The zero-order valence-electron chi connectivity index (χ0n) is 8.39. The Kier molecular flexibility index (Phi) is 3.13. The minimum Gasteiger partial charge on any atom is -0.495 e. The fraction of sp³-hybridized carbons (Fsp3) is 0.333. The van der Waals surface area contributed by atoms with Gasteiger partial charge in [0, 0.05) is 14.1 Å². The van der Waals surface area contributed by atoms with Crippen LogP contribution in [0.1, 0.15) is 0 Å². The smallest absolute Gasteiger partial charge is 0.246 e. The lowest BCUT2D eigenvalue weighted by atomic mass is 10.3. The average molecular weight is 215 g/mol. The van der Waals surface area contributed by atoms with Crippen LogP contribution in [0.15, 0.2) is 29.2 Å². The number of rotatable bonds is 3. The molecular formula is C9H13NO3S. The molecule has 0 amide bonds. The van der Waals surface area contributed by atoms with Gasteiger partial charge in [0.2, 0.25) is 10.0 Å². The van der Waals surface area contributed by atoms with Gasteiger partial charge in [0.1, 0.15) is 10.6 Å². The lowest BCUT2D eigenvalue weighted by molar-refractivity contribution is 0.400. The molecule has 0 heterocycles. The molecule has 0 saturated carbocycles. The maximum Gasteiger partial charge on any atom is 0.246 e. The molecule has 1 rings (SSSR count). The van der Waals surface area contributed by atoms with Crippen LogP contribution in [0.4, 0.5) is 0 Å². The van der Waals surface area contributed by atoms with E-state index in [-0.39, 0.29) is 4.90 Å². The number of sulfonamides is 1. The van der Waals surface area contributed by atoms with E-state index in [2.05, 4.69) is 0 Å². The molecule has 0 spiro atoms. The quantitative estimate of drug-likeness (QED) is 0.754. The van der Waals surface area contributed by atoms with E-state index in [4.69, 9.17) is 4.74 Å². The van der Waals surface area contributed by atoms with E-state index < -0.39 is 10.0 Å². The second-order valence-electron chi connectivity index (χ2n) is 2.94. The number of hydrogen-bond donors (Lipinski definition) is 0. The molecule has 5 heteroatoms. The van der Waals surface area contributed by atoms with Gasteiger partial charge >= 0.3 is 0 Å². The van der Waals surface area contributed by atoms with Gasteiger partial charge in [-0.2, -0.15) is 0 Å². The Bertz CT molecular complexity index is 412. The molecule has 0 aromatic heterocycles. The second kappa shape index (κ2) is 3.98. The molecule has 0 radical (unpaired) electrons. The van der Waals surface area contributed by atoms with Crippen molar-refractivity contribution in [1.29, 1.82) is 0 Å². The van der Waals surface area contributed by atoms with Crippen LogP contribution in [0.25, 0.3) is 0 Å². The molecular weight excluding hydrogens is 202 g/mol. The molecule has 0 saturated heterocycles. The molecule has 1 aromatic rings. The highest BCUT2D eigenvalue weighted by Gasteiger charge is 2.20. The van der Waals surface area contributed by atoms with Crippen molar-refractivity contribution >= 4 is 10.0 Å². The van der Waals surface area contributed by atoms with Gasteiger partial charge in [0.05, 0.1) is 7.11 Å². The number of methoxy groups -OCH3 is 1. The van der Waals surface area contributed by atoms with E-state index in [0.717, 1.165) is 4.31 Å². The Balaban J connectivity index is 3.32. The zero-order valence-corrected chi connectivity index (χ0v) is 9.21. The number of nitrogens with zero attached hydrogens (tertiary/aromatic N) is 1. The first-order valence-electron chi connectivity index (χ1n) is 4.05. The fourth-order valence-corrected chi connectivity index (χ4v) is 2.08. The highest BCUT2D eigenvalue weighted by Crippen LogP contribution is 2.24. The number of para-hydroxylation sites is 1. The predicted molar refractivity (Wildman–Crippen MR) is 53.9 cm³/mol. The van der Waals surface area contributed by atoms with E-state index >= 15 is 0 Å². The SMILES string of the molecule is COc1ccccc1S(=O)(=O)N(C)C. The van der Waals surface area contributed by atoms with Crippen molar-refractivity contribution in [3.05, 3.63) is 24.3 Å². The Morgan fingerprint density at radius 3 is 2.29 bits per heavy atom. The van der Waals surface area contributed by atoms with Crippen molar-refractivity contribution in [2.75, 3.05) is 21.2 Å². The lowest BCUT2D eigenvalue weighted by Crippen LogP contribution is -2.22. The number of ether oxygens (including phenoxy) is 1. The van der Waals surface area contributed by atoms with Crippen molar-refractivity contribution in [2.45, 2.75) is 4.90 Å². The number of hydrogen-bond acceptors (Lipinski definition) is 3. The van der Waals surface area contributed by atoms with Crippen LogP contribution in [0.3, 0.4) is 0 Å². The average Bonchev–Trinajstić information content (AvgIpc) is 2.17. The Labute approximate surface area is 84.2 Å². The number of benzene rings is 1. The maximum atomic E-state index is 11.8.